The van der Waals surface area contributed by atoms with Crippen LogP contribution >= 0.6 is 0 Å². The highest BCUT2D eigenvalue weighted by atomic mass is 16.1. The normalized spacial score (nSPS) is 14.7. The van der Waals surface area contributed by atoms with Crippen LogP contribution in [0.1, 0.15) is 39.5 Å². The molecule has 0 bridgehead atoms. The van der Waals surface area contributed by atoms with Crippen molar-refractivity contribution in [2.75, 3.05) is 27.2 Å². The molecule has 0 aromatic rings. The molecule has 17 heavy (non-hydrogen) atoms. The molecule has 0 radical (unpaired) electrons. The van der Waals surface area contributed by atoms with Crippen molar-refractivity contribution in [3.63, 3.8) is 0 Å². The Balaban J connectivity index is 3.77. The molecule has 3 N–H and O–H groups in total. The summed E-state index contributed by atoms with van der Waals surface area (Å²) in [7, 11) is 4.02. The van der Waals surface area contributed by atoms with Crippen molar-refractivity contribution in [2.45, 2.75) is 45.6 Å². The molecule has 102 valence electrons. The second-order valence-electron chi connectivity index (χ2n) is 5.12. The van der Waals surface area contributed by atoms with Crippen LogP contribution in [0.15, 0.2) is 0 Å². The van der Waals surface area contributed by atoms with Crippen molar-refractivity contribution in [3.05, 3.63) is 0 Å². The third-order valence-corrected chi connectivity index (χ3v) is 2.98. The molecule has 0 heterocycles. The van der Waals surface area contributed by atoms with Gasteiger partial charge in [0.2, 0.25) is 5.91 Å². The van der Waals surface area contributed by atoms with Gasteiger partial charge in [0.25, 0.3) is 0 Å². The molecule has 0 aliphatic carbocycles. The third kappa shape index (κ3) is 9.12. The number of hydrogen-bond donors (Lipinski definition) is 2. The van der Waals surface area contributed by atoms with Gasteiger partial charge in [-0.2, -0.15) is 0 Å². The molecule has 0 saturated heterocycles. The van der Waals surface area contributed by atoms with E-state index in [2.05, 4.69) is 17.1 Å². The summed E-state index contributed by atoms with van der Waals surface area (Å²) in [6, 6.07) is 0.215. The van der Waals surface area contributed by atoms with Gasteiger partial charge in [-0.3, -0.25) is 4.79 Å². The molecule has 0 fully saturated rings. The van der Waals surface area contributed by atoms with Gasteiger partial charge in [-0.1, -0.05) is 13.3 Å². The van der Waals surface area contributed by atoms with Crippen LogP contribution in [0, 0.1) is 5.92 Å². The lowest BCUT2D eigenvalue weighted by Crippen LogP contribution is -2.39. The maximum Gasteiger partial charge on any atom is 0.220 e. The Bertz CT molecular complexity index is 207. The summed E-state index contributed by atoms with van der Waals surface area (Å²) in [5, 5.41) is 3.02. The fraction of sp³-hybridized carbons (Fsp3) is 0.923. The third-order valence-electron chi connectivity index (χ3n) is 2.98. The first-order valence-electron chi connectivity index (χ1n) is 6.63. The minimum Gasteiger partial charge on any atom is -0.352 e. The number of carbonyl (C=O) groups is 1. The molecule has 0 aromatic carbocycles. The van der Waals surface area contributed by atoms with Crippen LogP contribution < -0.4 is 11.1 Å². The molecule has 4 nitrogen and oxygen atoms in total. The fourth-order valence-corrected chi connectivity index (χ4v) is 2.06. The van der Waals surface area contributed by atoms with Gasteiger partial charge >= 0.3 is 0 Å². The molecule has 0 rings (SSSR count). The van der Waals surface area contributed by atoms with Crippen LogP contribution in [0.5, 0.6) is 0 Å². The zero-order valence-electron chi connectivity index (χ0n) is 11.8. The van der Waals surface area contributed by atoms with E-state index in [1.165, 1.54) is 0 Å². The fourth-order valence-electron chi connectivity index (χ4n) is 2.06. The van der Waals surface area contributed by atoms with Gasteiger partial charge in [-0.05, 0) is 46.3 Å². The second kappa shape index (κ2) is 9.42. The summed E-state index contributed by atoms with van der Waals surface area (Å²) < 4.78 is 0. The summed E-state index contributed by atoms with van der Waals surface area (Å²) >= 11 is 0. The minimum atomic E-state index is 0.162. The molecule has 0 saturated carbocycles. The standard InChI is InChI=1S/C13H29N3O/c1-5-12(8-9-14)6-7-13(17)15-11(2)10-16(3)4/h11-12H,5-10,14H2,1-4H3,(H,15,17). The lowest BCUT2D eigenvalue weighted by atomic mass is 9.96. The smallest absolute Gasteiger partial charge is 0.220 e. The first-order valence-corrected chi connectivity index (χ1v) is 6.63. The van der Waals surface area contributed by atoms with E-state index < -0.39 is 0 Å². The van der Waals surface area contributed by atoms with E-state index in [4.69, 9.17) is 5.73 Å². The number of amides is 1. The molecule has 0 aliphatic rings. The first kappa shape index (κ1) is 16.4. The average molecular weight is 243 g/mol. The van der Waals surface area contributed by atoms with Crippen molar-refractivity contribution in [1.82, 2.24) is 10.2 Å². The van der Waals surface area contributed by atoms with Gasteiger partial charge < -0.3 is 16.0 Å². The average Bonchev–Trinajstić information content (AvgIpc) is 2.22. The summed E-state index contributed by atoms with van der Waals surface area (Å²) in [5.74, 6) is 0.754. The predicted octanol–water partition coefficient (Wildman–Crippen LogP) is 1.21. The Morgan fingerprint density at radius 3 is 2.47 bits per heavy atom. The number of nitrogens with two attached hydrogens (primary N) is 1. The molecule has 0 aliphatic heterocycles. The number of rotatable bonds is 9. The molecule has 2 unspecified atom stereocenters. The highest BCUT2D eigenvalue weighted by Gasteiger charge is 2.11. The Labute approximate surface area is 106 Å². The van der Waals surface area contributed by atoms with E-state index >= 15 is 0 Å². The maximum absolute atomic E-state index is 11.7. The SMILES string of the molecule is CCC(CCN)CCC(=O)NC(C)CN(C)C. The minimum absolute atomic E-state index is 0.162. The lowest BCUT2D eigenvalue weighted by Gasteiger charge is -2.19. The summed E-state index contributed by atoms with van der Waals surface area (Å²) in [5.41, 5.74) is 5.54. The topological polar surface area (TPSA) is 58.4 Å². The Morgan fingerprint density at radius 1 is 1.35 bits per heavy atom. The van der Waals surface area contributed by atoms with Crippen molar-refractivity contribution in [3.8, 4) is 0 Å². The van der Waals surface area contributed by atoms with Crippen molar-refractivity contribution < 1.29 is 4.79 Å². The van der Waals surface area contributed by atoms with Crippen LogP contribution in [0.4, 0.5) is 0 Å². The van der Waals surface area contributed by atoms with E-state index in [0.29, 0.717) is 12.3 Å². The summed E-state index contributed by atoms with van der Waals surface area (Å²) in [4.78, 5) is 13.8. The Kier molecular flexibility index (Phi) is 9.09. The molecule has 0 spiro atoms. The number of nitrogens with one attached hydrogen (secondary N) is 1. The molecule has 2 atom stereocenters. The summed E-state index contributed by atoms with van der Waals surface area (Å²) in [6.07, 6.45) is 3.71. The van der Waals surface area contributed by atoms with Gasteiger partial charge in [0.15, 0.2) is 0 Å². The van der Waals surface area contributed by atoms with Crippen molar-refractivity contribution >= 4 is 5.91 Å². The predicted molar refractivity (Wildman–Crippen MR) is 72.8 cm³/mol. The Hall–Kier alpha value is -0.610. The van der Waals surface area contributed by atoms with Gasteiger partial charge in [0, 0.05) is 19.0 Å². The lowest BCUT2D eigenvalue weighted by molar-refractivity contribution is -0.122. The van der Waals surface area contributed by atoms with Crippen LogP contribution in [-0.4, -0.2) is 44.0 Å². The van der Waals surface area contributed by atoms with Gasteiger partial charge in [-0.25, -0.2) is 0 Å². The zero-order valence-corrected chi connectivity index (χ0v) is 11.8. The second-order valence-corrected chi connectivity index (χ2v) is 5.12. The molecule has 1 amide bonds. The highest BCUT2D eigenvalue weighted by molar-refractivity contribution is 5.76. The monoisotopic (exact) mass is 243 g/mol. The van der Waals surface area contributed by atoms with Crippen LogP contribution in [-0.2, 0) is 4.79 Å². The first-order chi connectivity index (χ1) is 7.99. The van der Waals surface area contributed by atoms with Gasteiger partial charge in [0.1, 0.15) is 0 Å². The highest BCUT2D eigenvalue weighted by Crippen LogP contribution is 2.14. The van der Waals surface area contributed by atoms with E-state index in [-0.39, 0.29) is 11.9 Å². The van der Waals surface area contributed by atoms with E-state index in [0.717, 1.165) is 32.4 Å². The Morgan fingerprint density at radius 2 is 2.00 bits per heavy atom. The molecule has 4 heteroatoms. The number of likely N-dealkylation sites (N-methyl/N-ethyl adjacent to an activating group) is 1. The van der Waals surface area contributed by atoms with Crippen molar-refractivity contribution in [1.29, 1.82) is 0 Å². The zero-order chi connectivity index (χ0) is 13.3. The maximum atomic E-state index is 11.7. The van der Waals surface area contributed by atoms with Gasteiger partial charge in [0.05, 0.1) is 0 Å². The number of hydrogen-bond acceptors (Lipinski definition) is 3. The summed E-state index contributed by atoms with van der Waals surface area (Å²) in [6.45, 7) is 5.80. The van der Waals surface area contributed by atoms with E-state index in [1.807, 2.05) is 21.0 Å². The quantitative estimate of drug-likeness (QED) is 0.640. The molecular formula is C13H29N3O. The van der Waals surface area contributed by atoms with E-state index in [1.54, 1.807) is 0 Å². The number of nitrogens with zero attached hydrogens (tertiary/aromatic N) is 1. The van der Waals surface area contributed by atoms with Gasteiger partial charge in [-0.15, -0.1) is 0 Å². The largest absolute Gasteiger partial charge is 0.352 e. The van der Waals surface area contributed by atoms with E-state index in [9.17, 15) is 4.79 Å². The molecule has 0 aromatic heterocycles. The van der Waals surface area contributed by atoms with Crippen LogP contribution in [0.3, 0.4) is 0 Å². The van der Waals surface area contributed by atoms with Crippen molar-refractivity contribution in [2.24, 2.45) is 11.7 Å². The molecular weight excluding hydrogens is 214 g/mol. The van der Waals surface area contributed by atoms with Crippen LogP contribution in [0.25, 0.3) is 0 Å². The number of carbonyl (C=O) groups excluding carboxylic acids is 1. The van der Waals surface area contributed by atoms with Crippen LogP contribution in [0.2, 0.25) is 0 Å².